The van der Waals surface area contributed by atoms with Gasteiger partial charge < -0.3 is 5.11 Å². The number of aromatic hydroxyl groups is 1. The molecule has 0 bridgehead atoms. The lowest BCUT2D eigenvalue weighted by molar-refractivity contribution is -0.384. The quantitative estimate of drug-likeness (QED) is 0.392. The van der Waals surface area contributed by atoms with Gasteiger partial charge in [-0.1, -0.05) is 15.9 Å². The van der Waals surface area contributed by atoms with Gasteiger partial charge in [0.25, 0.3) is 5.69 Å². The third-order valence-electron chi connectivity index (χ3n) is 2.80. The number of nitro groups is 1. The van der Waals surface area contributed by atoms with Gasteiger partial charge in [-0.2, -0.15) is 5.26 Å². The monoisotopic (exact) mass is 344 g/mol. The molecule has 6 heteroatoms. The van der Waals surface area contributed by atoms with Crippen LogP contribution >= 0.6 is 15.9 Å². The van der Waals surface area contributed by atoms with Gasteiger partial charge in [-0.05, 0) is 42.0 Å². The molecule has 0 saturated carbocycles. The first-order valence-electron chi connectivity index (χ1n) is 5.86. The van der Waals surface area contributed by atoms with Crippen LogP contribution in [0.2, 0.25) is 0 Å². The number of nitriles is 1. The average Bonchev–Trinajstić information content (AvgIpc) is 2.48. The van der Waals surface area contributed by atoms with E-state index in [1.54, 1.807) is 12.1 Å². The number of phenolic OH excluding ortho intramolecular Hbond substituents is 1. The Hall–Kier alpha value is -2.65. The van der Waals surface area contributed by atoms with Crippen molar-refractivity contribution in [3.63, 3.8) is 0 Å². The third-order valence-corrected chi connectivity index (χ3v) is 3.29. The number of rotatable bonds is 3. The number of nitrogens with zero attached hydrogens (tertiary/aromatic N) is 2. The summed E-state index contributed by atoms with van der Waals surface area (Å²) in [4.78, 5) is 10.1. The Kier molecular flexibility index (Phi) is 4.36. The van der Waals surface area contributed by atoms with Crippen LogP contribution in [0.5, 0.6) is 5.75 Å². The molecule has 0 aliphatic carbocycles. The van der Waals surface area contributed by atoms with Crippen LogP contribution in [0.15, 0.2) is 46.9 Å². The molecule has 0 atom stereocenters. The van der Waals surface area contributed by atoms with Crippen LogP contribution in [0.25, 0.3) is 11.6 Å². The number of hydrogen-bond acceptors (Lipinski definition) is 4. The van der Waals surface area contributed by atoms with Crippen molar-refractivity contribution in [3.05, 3.63) is 68.2 Å². The molecule has 0 spiro atoms. The van der Waals surface area contributed by atoms with Crippen molar-refractivity contribution in [1.82, 2.24) is 0 Å². The fraction of sp³-hybridized carbons (Fsp3) is 0. The van der Waals surface area contributed by atoms with Crippen LogP contribution in [0.1, 0.15) is 11.1 Å². The molecule has 5 nitrogen and oxygen atoms in total. The zero-order valence-electron chi connectivity index (χ0n) is 10.7. The normalized spacial score (nSPS) is 11.0. The largest absolute Gasteiger partial charge is 0.507 e. The molecule has 104 valence electrons. The van der Waals surface area contributed by atoms with E-state index >= 15 is 0 Å². The van der Waals surface area contributed by atoms with E-state index in [-0.39, 0.29) is 11.4 Å². The Labute approximate surface area is 129 Å². The van der Waals surface area contributed by atoms with Crippen LogP contribution < -0.4 is 0 Å². The average molecular weight is 345 g/mol. The van der Waals surface area contributed by atoms with E-state index in [9.17, 15) is 20.5 Å². The topological polar surface area (TPSA) is 87.2 Å². The van der Waals surface area contributed by atoms with Crippen molar-refractivity contribution < 1.29 is 10.0 Å². The van der Waals surface area contributed by atoms with Gasteiger partial charge in [0.05, 0.1) is 16.6 Å². The molecule has 2 rings (SSSR count). The highest BCUT2D eigenvalue weighted by Gasteiger charge is 2.08. The first-order chi connectivity index (χ1) is 10.0. The van der Waals surface area contributed by atoms with Crippen LogP contribution in [0, 0.1) is 21.4 Å². The van der Waals surface area contributed by atoms with E-state index in [0.29, 0.717) is 16.7 Å². The maximum Gasteiger partial charge on any atom is 0.269 e. The first-order valence-corrected chi connectivity index (χ1v) is 6.65. The fourth-order valence-electron chi connectivity index (χ4n) is 1.74. The molecule has 21 heavy (non-hydrogen) atoms. The zero-order chi connectivity index (χ0) is 15.4. The SMILES string of the molecule is N#CC(=Cc1cc(Br)ccc1O)c1ccc([N+](=O)[O-])cc1. The second-order valence-electron chi connectivity index (χ2n) is 4.18. The minimum atomic E-state index is -0.500. The van der Waals surface area contributed by atoms with E-state index in [1.807, 2.05) is 6.07 Å². The molecule has 0 amide bonds. The molecule has 0 aliphatic rings. The summed E-state index contributed by atoms with van der Waals surface area (Å²) in [5.74, 6) is 0.0489. The Balaban J connectivity index is 2.44. The molecule has 0 unspecified atom stereocenters. The van der Waals surface area contributed by atoms with Crippen LogP contribution in [0.3, 0.4) is 0 Å². The predicted octanol–water partition coefficient (Wildman–Crippen LogP) is 4.13. The van der Waals surface area contributed by atoms with E-state index < -0.39 is 4.92 Å². The number of halogens is 1. The van der Waals surface area contributed by atoms with E-state index in [2.05, 4.69) is 15.9 Å². The fourth-order valence-corrected chi connectivity index (χ4v) is 2.12. The van der Waals surface area contributed by atoms with Crippen LogP contribution in [-0.2, 0) is 0 Å². The van der Waals surface area contributed by atoms with Crippen molar-refractivity contribution in [1.29, 1.82) is 5.26 Å². The number of non-ortho nitro benzene ring substituents is 1. The highest BCUT2D eigenvalue weighted by Crippen LogP contribution is 2.27. The molecule has 0 saturated heterocycles. The van der Waals surface area contributed by atoms with Gasteiger partial charge in [0.1, 0.15) is 5.75 Å². The Morgan fingerprint density at radius 1 is 1.29 bits per heavy atom. The summed E-state index contributed by atoms with van der Waals surface area (Å²) in [7, 11) is 0. The molecule has 0 radical (unpaired) electrons. The van der Waals surface area contributed by atoms with Crippen molar-refractivity contribution >= 4 is 33.3 Å². The second kappa shape index (κ2) is 6.20. The minimum absolute atomic E-state index is 0.0404. The highest BCUT2D eigenvalue weighted by atomic mass is 79.9. The number of allylic oxidation sites excluding steroid dienone is 1. The van der Waals surface area contributed by atoms with Gasteiger partial charge in [0, 0.05) is 22.2 Å². The lowest BCUT2D eigenvalue weighted by atomic mass is 10.0. The Morgan fingerprint density at radius 2 is 1.95 bits per heavy atom. The lowest BCUT2D eigenvalue weighted by Crippen LogP contribution is -1.88. The molecule has 2 aromatic rings. The summed E-state index contributed by atoms with van der Waals surface area (Å²) >= 11 is 3.29. The Morgan fingerprint density at radius 3 is 2.52 bits per heavy atom. The van der Waals surface area contributed by atoms with Crippen molar-refractivity contribution in [2.75, 3.05) is 0 Å². The summed E-state index contributed by atoms with van der Waals surface area (Å²) in [5, 5.41) is 29.6. The summed E-state index contributed by atoms with van der Waals surface area (Å²) in [5.41, 5.74) is 1.29. The summed E-state index contributed by atoms with van der Waals surface area (Å²) in [6.07, 6.45) is 1.53. The van der Waals surface area contributed by atoms with E-state index in [4.69, 9.17) is 0 Å². The van der Waals surface area contributed by atoms with Crippen LogP contribution in [0.4, 0.5) is 5.69 Å². The molecule has 0 aromatic heterocycles. The molecular formula is C15H9BrN2O3. The zero-order valence-corrected chi connectivity index (χ0v) is 12.2. The number of benzene rings is 2. The molecule has 2 aromatic carbocycles. The van der Waals surface area contributed by atoms with Gasteiger partial charge >= 0.3 is 0 Å². The maximum atomic E-state index is 10.6. The molecule has 0 heterocycles. The summed E-state index contributed by atoms with van der Waals surface area (Å²) in [6, 6.07) is 12.6. The summed E-state index contributed by atoms with van der Waals surface area (Å²) < 4.78 is 0.771. The van der Waals surface area contributed by atoms with Gasteiger partial charge in [0.15, 0.2) is 0 Å². The second-order valence-corrected chi connectivity index (χ2v) is 5.09. The standard InChI is InChI=1S/C15H9BrN2O3/c16-13-3-6-15(19)11(8-13)7-12(9-17)10-1-4-14(5-2-10)18(20)21/h1-8,19H. The predicted molar refractivity (Wildman–Crippen MR) is 82.4 cm³/mol. The van der Waals surface area contributed by atoms with E-state index in [1.165, 1.54) is 36.4 Å². The Bertz CT molecular complexity index is 761. The van der Waals surface area contributed by atoms with Crippen molar-refractivity contribution in [3.8, 4) is 11.8 Å². The third kappa shape index (κ3) is 3.46. The molecular weight excluding hydrogens is 336 g/mol. The van der Waals surface area contributed by atoms with Gasteiger partial charge in [0.2, 0.25) is 0 Å². The smallest absolute Gasteiger partial charge is 0.269 e. The van der Waals surface area contributed by atoms with Crippen molar-refractivity contribution in [2.45, 2.75) is 0 Å². The molecule has 1 N–H and O–H groups in total. The van der Waals surface area contributed by atoms with Gasteiger partial charge in [-0.25, -0.2) is 0 Å². The van der Waals surface area contributed by atoms with Gasteiger partial charge in [-0.3, -0.25) is 10.1 Å². The molecule has 0 aliphatic heterocycles. The maximum absolute atomic E-state index is 10.6. The minimum Gasteiger partial charge on any atom is -0.507 e. The first kappa shape index (κ1) is 14.8. The highest BCUT2D eigenvalue weighted by molar-refractivity contribution is 9.10. The lowest BCUT2D eigenvalue weighted by Gasteiger charge is -2.03. The number of hydrogen-bond donors (Lipinski definition) is 1. The summed E-state index contributed by atoms with van der Waals surface area (Å²) in [6.45, 7) is 0. The number of nitro benzene ring substituents is 1. The van der Waals surface area contributed by atoms with Crippen LogP contribution in [-0.4, -0.2) is 10.0 Å². The van der Waals surface area contributed by atoms with Gasteiger partial charge in [-0.15, -0.1) is 0 Å². The number of phenols is 1. The molecule has 0 fully saturated rings. The van der Waals surface area contributed by atoms with E-state index in [0.717, 1.165) is 4.47 Å². The van der Waals surface area contributed by atoms with Crippen molar-refractivity contribution in [2.24, 2.45) is 0 Å².